The van der Waals surface area contributed by atoms with E-state index in [9.17, 15) is 4.79 Å². The molecule has 0 saturated heterocycles. The molecule has 0 radical (unpaired) electrons. The smallest absolute Gasteiger partial charge is 0.250 e. The summed E-state index contributed by atoms with van der Waals surface area (Å²) in [5.41, 5.74) is 2.17. The highest BCUT2D eigenvalue weighted by atomic mass is 32.2. The summed E-state index contributed by atoms with van der Waals surface area (Å²) in [6.45, 7) is 0.319. The molecule has 2 aromatic carbocycles. The first-order chi connectivity index (χ1) is 13.7. The van der Waals surface area contributed by atoms with Crippen molar-refractivity contribution in [1.29, 1.82) is 0 Å². The van der Waals surface area contributed by atoms with Gasteiger partial charge in [-0.1, -0.05) is 11.2 Å². The number of benzene rings is 2. The molecule has 1 aliphatic rings. The molecule has 7 nitrogen and oxygen atoms in total. The Bertz CT molecular complexity index is 988. The maximum absolute atomic E-state index is 12.0. The van der Waals surface area contributed by atoms with E-state index >= 15 is 0 Å². The Labute approximate surface area is 166 Å². The topological polar surface area (TPSA) is 82.8 Å². The van der Waals surface area contributed by atoms with E-state index in [-0.39, 0.29) is 25.9 Å². The quantitative estimate of drug-likeness (QED) is 0.604. The summed E-state index contributed by atoms with van der Waals surface area (Å²) in [6, 6.07) is 14.9. The molecule has 0 unspecified atom stereocenters. The minimum absolute atomic E-state index is 0.0737. The SMILES string of the molecule is CSc1cccc(NC(=O)COCc2cc(-c3ccc4c(c3)OCO4)on2)c1. The van der Waals surface area contributed by atoms with E-state index in [2.05, 4.69) is 10.5 Å². The fraction of sp³-hybridized carbons (Fsp3) is 0.200. The molecule has 144 valence electrons. The minimum atomic E-state index is -0.224. The number of aromatic nitrogens is 1. The molecule has 0 atom stereocenters. The molecular weight excluding hydrogens is 380 g/mol. The van der Waals surface area contributed by atoms with Gasteiger partial charge in [0.05, 0.1) is 6.61 Å². The maximum Gasteiger partial charge on any atom is 0.250 e. The molecule has 1 N–H and O–H groups in total. The number of anilines is 1. The third kappa shape index (κ3) is 4.29. The third-order valence-electron chi connectivity index (χ3n) is 4.05. The van der Waals surface area contributed by atoms with Gasteiger partial charge in [-0.15, -0.1) is 11.8 Å². The summed E-state index contributed by atoms with van der Waals surface area (Å²) in [6.07, 6.45) is 1.99. The van der Waals surface area contributed by atoms with Crippen molar-refractivity contribution in [3.63, 3.8) is 0 Å². The number of fused-ring (bicyclic) bond motifs is 1. The lowest BCUT2D eigenvalue weighted by Crippen LogP contribution is -2.18. The fourth-order valence-electron chi connectivity index (χ4n) is 2.71. The average Bonchev–Trinajstić information content (AvgIpc) is 3.37. The lowest BCUT2D eigenvalue weighted by atomic mass is 10.1. The van der Waals surface area contributed by atoms with E-state index < -0.39 is 0 Å². The van der Waals surface area contributed by atoms with Crippen molar-refractivity contribution >= 4 is 23.4 Å². The van der Waals surface area contributed by atoms with Crippen LogP contribution in [0.2, 0.25) is 0 Å². The van der Waals surface area contributed by atoms with Crippen molar-refractivity contribution in [2.75, 3.05) is 25.0 Å². The molecule has 2 heterocycles. The predicted octanol–water partition coefficient (Wildman–Crippen LogP) is 3.95. The van der Waals surface area contributed by atoms with Gasteiger partial charge in [0.25, 0.3) is 0 Å². The van der Waals surface area contributed by atoms with Gasteiger partial charge in [-0.05, 0) is 42.7 Å². The summed E-state index contributed by atoms with van der Waals surface area (Å²) in [4.78, 5) is 13.1. The van der Waals surface area contributed by atoms with Crippen LogP contribution in [-0.4, -0.2) is 30.7 Å². The second kappa shape index (κ2) is 8.37. The number of ether oxygens (including phenoxy) is 3. The van der Waals surface area contributed by atoms with E-state index in [1.807, 2.05) is 48.7 Å². The zero-order valence-corrected chi connectivity index (χ0v) is 16.0. The van der Waals surface area contributed by atoms with Gasteiger partial charge in [0, 0.05) is 22.2 Å². The lowest BCUT2D eigenvalue weighted by molar-refractivity contribution is -0.121. The van der Waals surface area contributed by atoms with Crippen LogP contribution < -0.4 is 14.8 Å². The van der Waals surface area contributed by atoms with Crippen LogP contribution >= 0.6 is 11.8 Å². The first kappa shape index (κ1) is 18.4. The molecule has 4 rings (SSSR count). The van der Waals surface area contributed by atoms with Crippen LogP contribution in [0.25, 0.3) is 11.3 Å². The van der Waals surface area contributed by atoms with Gasteiger partial charge in [-0.3, -0.25) is 4.79 Å². The summed E-state index contributed by atoms with van der Waals surface area (Å²) in [7, 11) is 0. The molecule has 0 aliphatic carbocycles. The average molecular weight is 398 g/mol. The number of hydrogen-bond acceptors (Lipinski definition) is 7. The Balaban J connectivity index is 1.29. The maximum atomic E-state index is 12.0. The second-order valence-corrected chi connectivity index (χ2v) is 6.90. The standard InChI is InChI=1S/C20H18N2O5S/c1-28-16-4-2-3-14(8-16)21-20(23)11-24-10-15-9-18(27-22-15)13-5-6-17-19(7-13)26-12-25-17/h2-9H,10-12H2,1H3,(H,21,23). The minimum Gasteiger partial charge on any atom is -0.454 e. The highest BCUT2D eigenvalue weighted by Crippen LogP contribution is 2.36. The first-order valence-corrected chi connectivity index (χ1v) is 9.81. The van der Waals surface area contributed by atoms with E-state index in [0.29, 0.717) is 23.0 Å². The molecule has 0 spiro atoms. The molecule has 1 aromatic heterocycles. The van der Waals surface area contributed by atoms with E-state index in [1.54, 1.807) is 17.8 Å². The molecule has 28 heavy (non-hydrogen) atoms. The van der Waals surface area contributed by atoms with Gasteiger partial charge >= 0.3 is 0 Å². The van der Waals surface area contributed by atoms with Crippen LogP contribution in [0.1, 0.15) is 5.69 Å². The number of carbonyl (C=O) groups is 1. The van der Waals surface area contributed by atoms with Crippen LogP contribution in [0.15, 0.2) is 57.9 Å². The van der Waals surface area contributed by atoms with Gasteiger partial charge in [-0.2, -0.15) is 0 Å². The van der Waals surface area contributed by atoms with Crippen LogP contribution in [0, 0.1) is 0 Å². The van der Waals surface area contributed by atoms with Crippen LogP contribution in [-0.2, 0) is 16.1 Å². The number of nitrogens with one attached hydrogen (secondary N) is 1. The van der Waals surface area contributed by atoms with Crippen molar-refractivity contribution in [3.8, 4) is 22.8 Å². The van der Waals surface area contributed by atoms with E-state index in [1.165, 1.54) is 0 Å². The van der Waals surface area contributed by atoms with Crippen molar-refractivity contribution in [2.24, 2.45) is 0 Å². The number of carbonyl (C=O) groups excluding carboxylic acids is 1. The first-order valence-electron chi connectivity index (χ1n) is 8.58. The van der Waals surface area contributed by atoms with Gasteiger partial charge in [0.15, 0.2) is 17.3 Å². The van der Waals surface area contributed by atoms with E-state index in [0.717, 1.165) is 16.1 Å². The molecule has 0 fully saturated rings. The number of rotatable bonds is 7. The van der Waals surface area contributed by atoms with Crippen LogP contribution in [0.4, 0.5) is 5.69 Å². The zero-order valence-electron chi connectivity index (χ0n) is 15.1. The Morgan fingerprint density at radius 3 is 2.96 bits per heavy atom. The number of nitrogens with zero attached hydrogens (tertiary/aromatic N) is 1. The Kier molecular flexibility index (Phi) is 5.50. The molecule has 1 amide bonds. The van der Waals surface area contributed by atoms with Gasteiger partial charge in [-0.25, -0.2) is 0 Å². The molecule has 8 heteroatoms. The predicted molar refractivity (Wildman–Crippen MR) is 105 cm³/mol. The third-order valence-corrected chi connectivity index (χ3v) is 4.78. The van der Waals surface area contributed by atoms with Gasteiger partial charge in [0.2, 0.25) is 12.7 Å². The molecule has 1 aliphatic heterocycles. The van der Waals surface area contributed by atoms with Gasteiger partial charge < -0.3 is 24.1 Å². The molecule has 0 bridgehead atoms. The van der Waals surface area contributed by atoms with Gasteiger partial charge in [0.1, 0.15) is 12.3 Å². The number of hydrogen-bond donors (Lipinski definition) is 1. The summed E-state index contributed by atoms with van der Waals surface area (Å²) < 4.78 is 21.5. The lowest BCUT2D eigenvalue weighted by Gasteiger charge is -2.06. The van der Waals surface area contributed by atoms with Crippen LogP contribution in [0.3, 0.4) is 0 Å². The summed E-state index contributed by atoms with van der Waals surface area (Å²) >= 11 is 1.62. The van der Waals surface area contributed by atoms with E-state index in [4.69, 9.17) is 18.7 Å². The summed E-state index contributed by atoms with van der Waals surface area (Å²) in [5, 5.41) is 6.79. The highest BCUT2D eigenvalue weighted by molar-refractivity contribution is 7.98. The number of thioether (sulfide) groups is 1. The Hall–Kier alpha value is -2.97. The Morgan fingerprint density at radius 2 is 2.07 bits per heavy atom. The van der Waals surface area contributed by atoms with Crippen molar-refractivity contribution in [1.82, 2.24) is 5.16 Å². The summed E-state index contributed by atoms with van der Waals surface area (Å²) in [5.74, 6) is 1.75. The van der Waals surface area contributed by atoms with Crippen molar-refractivity contribution < 1.29 is 23.5 Å². The zero-order chi connectivity index (χ0) is 19.3. The van der Waals surface area contributed by atoms with Crippen molar-refractivity contribution in [2.45, 2.75) is 11.5 Å². The largest absolute Gasteiger partial charge is 0.454 e. The molecular formula is C20H18N2O5S. The van der Waals surface area contributed by atoms with Crippen LogP contribution in [0.5, 0.6) is 11.5 Å². The highest BCUT2D eigenvalue weighted by Gasteiger charge is 2.16. The number of amides is 1. The Morgan fingerprint density at radius 1 is 1.18 bits per heavy atom. The normalized spacial score (nSPS) is 12.2. The second-order valence-electron chi connectivity index (χ2n) is 6.02. The molecule has 3 aromatic rings. The molecule has 0 saturated carbocycles. The monoisotopic (exact) mass is 398 g/mol. The van der Waals surface area contributed by atoms with Crippen molar-refractivity contribution in [3.05, 3.63) is 54.2 Å². The fourth-order valence-corrected chi connectivity index (χ4v) is 3.17.